The molecule has 0 spiro atoms. The third-order valence-electron chi connectivity index (χ3n) is 4.01. The maximum Gasteiger partial charge on any atom is 0.240 e. The molecular formula is C17H24N2O3S. The molecule has 0 radical (unpaired) electrons. The normalized spacial score (nSPS) is 21.9. The van der Waals surface area contributed by atoms with Gasteiger partial charge < -0.3 is 19.7 Å². The summed E-state index contributed by atoms with van der Waals surface area (Å²) in [6, 6.07) is 10.2. The van der Waals surface area contributed by atoms with Crippen LogP contribution in [0.1, 0.15) is 5.56 Å². The molecule has 23 heavy (non-hydrogen) atoms. The van der Waals surface area contributed by atoms with Crippen molar-refractivity contribution in [3.05, 3.63) is 35.9 Å². The van der Waals surface area contributed by atoms with E-state index in [0.717, 1.165) is 24.7 Å². The monoisotopic (exact) mass is 336 g/mol. The largest absolute Gasteiger partial charge is 0.378 e. The van der Waals surface area contributed by atoms with Gasteiger partial charge in [-0.05, 0) is 5.56 Å². The van der Waals surface area contributed by atoms with Crippen LogP contribution in [0.2, 0.25) is 0 Å². The minimum Gasteiger partial charge on any atom is -0.378 e. The van der Waals surface area contributed by atoms with Crippen molar-refractivity contribution >= 4 is 17.7 Å². The lowest BCUT2D eigenvalue weighted by molar-refractivity contribution is -0.136. The molecule has 6 heteroatoms. The van der Waals surface area contributed by atoms with Crippen LogP contribution in [-0.4, -0.2) is 68.2 Å². The summed E-state index contributed by atoms with van der Waals surface area (Å²) in [6.45, 7) is 4.23. The SMILES string of the molecule is O=C(C(CSCc1ccccc1)NCC1CO1)N1CCOCC1. The smallest absolute Gasteiger partial charge is 0.240 e. The summed E-state index contributed by atoms with van der Waals surface area (Å²) in [7, 11) is 0. The van der Waals surface area contributed by atoms with Crippen molar-refractivity contribution in [2.24, 2.45) is 0 Å². The summed E-state index contributed by atoms with van der Waals surface area (Å²) in [5, 5.41) is 3.39. The predicted molar refractivity (Wildman–Crippen MR) is 91.5 cm³/mol. The highest BCUT2D eigenvalue weighted by molar-refractivity contribution is 7.98. The molecule has 1 amide bonds. The Bertz CT molecular complexity index is 490. The van der Waals surface area contributed by atoms with Gasteiger partial charge >= 0.3 is 0 Å². The maximum absolute atomic E-state index is 12.7. The number of amides is 1. The van der Waals surface area contributed by atoms with Crippen LogP contribution in [0.25, 0.3) is 0 Å². The van der Waals surface area contributed by atoms with Gasteiger partial charge in [0.2, 0.25) is 5.91 Å². The fourth-order valence-corrected chi connectivity index (χ4v) is 3.59. The van der Waals surface area contributed by atoms with Crippen molar-refractivity contribution in [3.63, 3.8) is 0 Å². The lowest BCUT2D eigenvalue weighted by atomic mass is 10.2. The maximum atomic E-state index is 12.7. The van der Waals surface area contributed by atoms with Gasteiger partial charge in [-0.1, -0.05) is 30.3 Å². The van der Waals surface area contributed by atoms with E-state index in [1.807, 2.05) is 11.0 Å². The van der Waals surface area contributed by atoms with E-state index in [9.17, 15) is 4.79 Å². The van der Waals surface area contributed by atoms with Gasteiger partial charge in [0.25, 0.3) is 0 Å². The molecule has 2 fully saturated rings. The van der Waals surface area contributed by atoms with Gasteiger partial charge in [-0.25, -0.2) is 0 Å². The number of thioether (sulfide) groups is 1. The molecule has 3 rings (SSSR count). The zero-order chi connectivity index (χ0) is 15.9. The highest BCUT2D eigenvalue weighted by Gasteiger charge is 2.29. The molecule has 2 atom stereocenters. The second-order valence-electron chi connectivity index (χ2n) is 5.85. The van der Waals surface area contributed by atoms with Crippen LogP contribution in [0.4, 0.5) is 0 Å². The van der Waals surface area contributed by atoms with E-state index in [4.69, 9.17) is 9.47 Å². The molecule has 5 nitrogen and oxygen atoms in total. The number of carbonyl (C=O) groups is 1. The number of benzene rings is 1. The summed E-state index contributed by atoms with van der Waals surface area (Å²) < 4.78 is 10.6. The van der Waals surface area contributed by atoms with Crippen LogP contribution in [0.15, 0.2) is 30.3 Å². The van der Waals surface area contributed by atoms with Crippen molar-refractivity contribution in [1.29, 1.82) is 0 Å². The molecule has 0 aromatic heterocycles. The first-order chi connectivity index (χ1) is 11.3. The number of nitrogens with one attached hydrogen (secondary N) is 1. The van der Waals surface area contributed by atoms with E-state index in [-0.39, 0.29) is 18.1 Å². The number of epoxide rings is 1. The minimum atomic E-state index is -0.147. The molecule has 1 N–H and O–H groups in total. The summed E-state index contributed by atoms with van der Waals surface area (Å²) >= 11 is 1.80. The topological polar surface area (TPSA) is 54.1 Å². The second kappa shape index (κ2) is 8.68. The number of morpholine rings is 1. The fraction of sp³-hybridized carbons (Fsp3) is 0.588. The molecule has 2 saturated heterocycles. The van der Waals surface area contributed by atoms with Crippen molar-refractivity contribution in [2.45, 2.75) is 17.9 Å². The number of ether oxygens (including phenoxy) is 2. The number of nitrogens with zero attached hydrogens (tertiary/aromatic N) is 1. The van der Waals surface area contributed by atoms with E-state index in [0.29, 0.717) is 26.3 Å². The lowest BCUT2D eigenvalue weighted by Crippen LogP contribution is -2.52. The van der Waals surface area contributed by atoms with Gasteiger partial charge in [-0.2, -0.15) is 11.8 Å². The molecule has 0 saturated carbocycles. The minimum absolute atomic E-state index is 0.147. The molecule has 0 bridgehead atoms. The van der Waals surface area contributed by atoms with Gasteiger partial charge in [0.05, 0.1) is 32.0 Å². The molecular weight excluding hydrogens is 312 g/mol. The summed E-state index contributed by atoms with van der Waals surface area (Å²) in [6.07, 6.45) is 0.286. The Labute approximate surface area is 141 Å². The van der Waals surface area contributed by atoms with Crippen molar-refractivity contribution in [2.75, 3.05) is 45.2 Å². The van der Waals surface area contributed by atoms with Gasteiger partial charge in [-0.15, -0.1) is 0 Å². The van der Waals surface area contributed by atoms with E-state index in [1.165, 1.54) is 5.56 Å². The molecule has 2 unspecified atom stereocenters. The Kier molecular flexibility index (Phi) is 6.33. The number of hydrogen-bond acceptors (Lipinski definition) is 5. The Morgan fingerprint density at radius 3 is 2.74 bits per heavy atom. The standard InChI is InChI=1S/C17H24N2O3S/c20-17(19-6-8-21-9-7-19)16(18-10-15-11-22-15)13-23-12-14-4-2-1-3-5-14/h1-5,15-16,18H,6-13H2. The average Bonchev–Trinajstić information content (AvgIpc) is 3.43. The Morgan fingerprint density at radius 2 is 2.04 bits per heavy atom. The van der Waals surface area contributed by atoms with Crippen LogP contribution >= 0.6 is 11.8 Å². The Balaban J connectivity index is 1.50. The predicted octanol–water partition coefficient (Wildman–Crippen LogP) is 1.14. The highest BCUT2D eigenvalue weighted by Crippen LogP contribution is 2.15. The van der Waals surface area contributed by atoms with Crippen LogP contribution < -0.4 is 5.32 Å². The van der Waals surface area contributed by atoms with Crippen molar-refractivity contribution < 1.29 is 14.3 Å². The van der Waals surface area contributed by atoms with Crippen LogP contribution in [0, 0.1) is 0 Å². The molecule has 2 aliphatic rings. The molecule has 2 aliphatic heterocycles. The molecule has 1 aromatic carbocycles. The van der Waals surface area contributed by atoms with E-state index in [2.05, 4.69) is 29.6 Å². The molecule has 1 aromatic rings. The first kappa shape index (κ1) is 16.8. The molecule has 2 heterocycles. The van der Waals surface area contributed by atoms with Crippen LogP contribution in [-0.2, 0) is 20.0 Å². The third kappa shape index (κ3) is 5.49. The quantitative estimate of drug-likeness (QED) is 0.722. The first-order valence-corrected chi connectivity index (χ1v) is 9.31. The molecule has 126 valence electrons. The summed E-state index contributed by atoms with van der Waals surface area (Å²) in [5.41, 5.74) is 1.29. The van der Waals surface area contributed by atoms with Gasteiger partial charge in [-0.3, -0.25) is 4.79 Å². The zero-order valence-corrected chi connectivity index (χ0v) is 14.1. The van der Waals surface area contributed by atoms with Crippen LogP contribution in [0.5, 0.6) is 0 Å². The van der Waals surface area contributed by atoms with E-state index < -0.39 is 0 Å². The third-order valence-corrected chi connectivity index (χ3v) is 5.12. The average molecular weight is 336 g/mol. The zero-order valence-electron chi connectivity index (χ0n) is 13.3. The first-order valence-electron chi connectivity index (χ1n) is 8.16. The molecule has 0 aliphatic carbocycles. The van der Waals surface area contributed by atoms with E-state index >= 15 is 0 Å². The number of rotatable bonds is 8. The Morgan fingerprint density at radius 1 is 1.30 bits per heavy atom. The lowest BCUT2D eigenvalue weighted by Gasteiger charge is -2.30. The number of carbonyl (C=O) groups excluding carboxylic acids is 1. The van der Waals surface area contributed by atoms with Gasteiger partial charge in [0, 0.05) is 31.1 Å². The number of hydrogen-bond donors (Lipinski definition) is 1. The van der Waals surface area contributed by atoms with Gasteiger partial charge in [0.1, 0.15) is 0 Å². The fourth-order valence-electron chi connectivity index (χ4n) is 2.55. The summed E-state index contributed by atoms with van der Waals surface area (Å²) in [4.78, 5) is 14.6. The summed E-state index contributed by atoms with van der Waals surface area (Å²) in [5.74, 6) is 1.89. The Hall–Kier alpha value is -1.08. The highest BCUT2D eigenvalue weighted by atomic mass is 32.2. The van der Waals surface area contributed by atoms with E-state index in [1.54, 1.807) is 11.8 Å². The van der Waals surface area contributed by atoms with Crippen molar-refractivity contribution in [1.82, 2.24) is 10.2 Å². The van der Waals surface area contributed by atoms with Crippen molar-refractivity contribution in [3.8, 4) is 0 Å². The van der Waals surface area contributed by atoms with Gasteiger partial charge in [0.15, 0.2) is 0 Å². The second-order valence-corrected chi connectivity index (χ2v) is 6.88. The van der Waals surface area contributed by atoms with Crippen LogP contribution in [0.3, 0.4) is 0 Å².